The largest absolute Gasteiger partial charge is 0.449 e. The van der Waals surface area contributed by atoms with Gasteiger partial charge in [0.25, 0.3) is 11.6 Å². The van der Waals surface area contributed by atoms with Crippen LogP contribution < -0.4 is 15.5 Å². The highest BCUT2D eigenvalue weighted by Crippen LogP contribution is 2.23. The van der Waals surface area contributed by atoms with Crippen molar-refractivity contribution >= 4 is 46.6 Å². The molecule has 0 spiro atoms. The molecule has 0 aliphatic carbocycles. The summed E-state index contributed by atoms with van der Waals surface area (Å²) < 4.78 is 4.95. The summed E-state index contributed by atoms with van der Waals surface area (Å²) in [5.74, 6) is -1.35. The van der Waals surface area contributed by atoms with Crippen LogP contribution in [0.4, 0.5) is 21.9 Å². The Morgan fingerprint density at radius 1 is 1.15 bits per heavy atom. The molecule has 33 heavy (non-hydrogen) atoms. The molecule has 2 N–H and O–H groups in total. The van der Waals surface area contributed by atoms with Gasteiger partial charge in [0, 0.05) is 30.6 Å². The number of hydrogen-bond donors (Lipinski definition) is 2. The molecule has 10 nitrogen and oxygen atoms in total. The maximum Gasteiger partial charge on any atom is 0.413 e. The Morgan fingerprint density at radius 3 is 2.30 bits per heavy atom. The molecule has 176 valence electrons. The minimum absolute atomic E-state index is 0.0204. The van der Waals surface area contributed by atoms with Gasteiger partial charge >= 0.3 is 6.09 Å². The number of carbonyl (C=O) groups is 3. The van der Waals surface area contributed by atoms with E-state index < -0.39 is 28.9 Å². The Hall–Kier alpha value is -3.66. The lowest BCUT2D eigenvalue weighted by molar-refractivity contribution is -0.384. The third-order valence-electron chi connectivity index (χ3n) is 4.71. The van der Waals surface area contributed by atoms with Crippen LogP contribution >= 0.6 is 11.6 Å². The van der Waals surface area contributed by atoms with E-state index in [0.29, 0.717) is 11.4 Å². The van der Waals surface area contributed by atoms with E-state index in [2.05, 4.69) is 10.6 Å². The van der Waals surface area contributed by atoms with Crippen molar-refractivity contribution in [3.63, 3.8) is 0 Å². The molecular weight excluding hydrogens is 452 g/mol. The summed E-state index contributed by atoms with van der Waals surface area (Å²) in [5.41, 5.74) is 0.820. The van der Waals surface area contributed by atoms with E-state index in [9.17, 15) is 24.5 Å². The van der Waals surface area contributed by atoms with Crippen LogP contribution in [-0.2, 0) is 9.53 Å². The monoisotopic (exact) mass is 476 g/mol. The molecular formula is C22H25ClN4O6. The number of carbonyl (C=O) groups excluding carboxylic acids is 3. The maximum atomic E-state index is 12.8. The molecule has 0 radical (unpaired) electrons. The SMILES string of the molecule is CCOC(=O)N(C)c1ccc(NC(=O)C(NC(=O)c2ccc([N+](=O)[O-])cc2Cl)C(C)C)cc1. The minimum Gasteiger partial charge on any atom is -0.449 e. The molecule has 2 aromatic carbocycles. The lowest BCUT2D eigenvalue weighted by Gasteiger charge is -2.22. The van der Waals surface area contributed by atoms with Gasteiger partial charge in [-0.25, -0.2) is 4.79 Å². The number of nitrogens with zero attached hydrogens (tertiary/aromatic N) is 2. The number of anilines is 2. The first-order valence-electron chi connectivity index (χ1n) is 10.1. The number of nitro groups is 1. The van der Waals surface area contributed by atoms with Gasteiger partial charge in [0.15, 0.2) is 0 Å². The molecule has 11 heteroatoms. The first-order chi connectivity index (χ1) is 15.5. The van der Waals surface area contributed by atoms with Gasteiger partial charge in [0.2, 0.25) is 5.91 Å². The fraction of sp³-hybridized carbons (Fsp3) is 0.318. The number of benzene rings is 2. The van der Waals surface area contributed by atoms with E-state index in [1.807, 2.05) is 0 Å². The van der Waals surface area contributed by atoms with E-state index in [4.69, 9.17) is 16.3 Å². The van der Waals surface area contributed by atoms with E-state index in [-0.39, 0.29) is 28.8 Å². The molecule has 0 fully saturated rings. The van der Waals surface area contributed by atoms with Crippen LogP contribution in [0.15, 0.2) is 42.5 Å². The Balaban J connectivity index is 2.10. The summed E-state index contributed by atoms with van der Waals surface area (Å²) in [5, 5.41) is 16.1. The summed E-state index contributed by atoms with van der Waals surface area (Å²) in [6, 6.07) is 9.12. The van der Waals surface area contributed by atoms with Gasteiger partial charge in [0.05, 0.1) is 22.1 Å². The van der Waals surface area contributed by atoms with Crippen molar-refractivity contribution in [3.05, 3.63) is 63.2 Å². The predicted octanol–water partition coefficient (Wildman–Crippen LogP) is 4.23. The van der Waals surface area contributed by atoms with E-state index in [1.165, 1.54) is 17.0 Å². The molecule has 0 saturated heterocycles. The number of ether oxygens (including phenoxy) is 1. The zero-order valence-corrected chi connectivity index (χ0v) is 19.4. The molecule has 2 rings (SSSR count). The number of hydrogen-bond acceptors (Lipinski definition) is 6. The Labute approximate surface area is 196 Å². The molecule has 0 aromatic heterocycles. The number of nitro benzene ring substituents is 1. The van der Waals surface area contributed by atoms with Gasteiger partial charge in [-0.3, -0.25) is 24.6 Å². The molecule has 1 unspecified atom stereocenters. The minimum atomic E-state index is -0.898. The van der Waals surface area contributed by atoms with Crippen LogP contribution in [0.3, 0.4) is 0 Å². The lowest BCUT2D eigenvalue weighted by Crippen LogP contribution is -2.47. The summed E-state index contributed by atoms with van der Waals surface area (Å²) >= 11 is 6.02. The Bertz CT molecular complexity index is 1040. The summed E-state index contributed by atoms with van der Waals surface area (Å²) in [4.78, 5) is 48.9. The van der Waals surface area contributed by atoms with Crippen LogP contribution in [0.2, 0.25) is 5.02 Å². The van der Waals surface area contributed by atoms with E-state index >= 15 is 0 Å². The van der Waals surface area contributed by atoms with Gasteiger partial charge in [-0.1, -0.05) is 25.4 Å². The smallest absolute Gasteiger partial charge is 0.413 e. The molecule has 0 bridgehead atoms. The van der Waals surface area contributed by atoms with Crippen molar-refractivity contribution in [3.8, 4) is 0 Å². The second-order valence-corrected chi connectivity index (χ2v) is 7.82. The molecule has 3 amide bonds. The second-order valence-electron chi connectivity index (χ2n) is 7.41. The molecule has 1 atom stereocenters. The molecule has 0 aliphatic heterocycles. The topological polar surface area (TPSA) is 131 Å². The fourth-order valence-electron chi connectivity index (χ4n) is 2.87. The predicted molar refractivity (Wildman–Crippen MR) is 125 cm³/mol. The lowest BCUT2D eigenvalue weighted by atomic mass is 10.0. The standard InChI is InChI=1S/C22H25ClN4O6/c1-5-33-22(30)26(4)15-8-6-14(7-9-15)24-21(29)19(13(2)3)25-20(28)17-11-10-16(27(31)32)12-18(17)23/h6-13,19H,5H2,1-4H3,(H,24,29)(H,25,28). The van der Waals surface area contributed by atoms with Crippen LogP contribution in [0, 0.1) is 16.0 Å². The van der Waals surface area contributed by atoms with E-state index in [0.717, 1.165) is 6.07 Å². The first-order valence-corrected chi connectivity index (χ1v) is 10.5. The van der Waals surface area contributed by atoms with E-state index in [1.54, 1.807) is 52.1 Å². The van der Waals surface area contributed by atoms with Crippen LogP contribution in [0.5, 0.6) is 0 Å². The highest BCUT2D eigenvalue weighted by molar-refractivity contribution is 6.34. The number of rotatable bonds is 8. The third kappa shape index (κ3) is 6.66. The maximum absolute atomic E-state index is 12.8. The highest BCUT2D eigenvalue weighted by atomic mass is 35.5. The average Bonchev–Trinajstić information content (AvgIpc) is 2.77. The van der Waals surface area contributed by atoms with Crippen molar-refractivity contribution in [2.24, 2.45) is 5.92 Å². The fourth-order valence-corrected chi connectivity index (χ4v) is 3.13. The van der Waals surface area contributed by atoms with Gasteiger partial charge in [0.1, 0.15) is 6.04 Å². The summed E-state index contributed by atoms with van der Waals surface area (Å²) in [6.07, 6.45) is -0.498. The molecule has 2 aromatic rings. The quantitative estimate of drug-likeness (QED) is 0.433. The van der Waals surface area contributed by atoms with Gasteiger partial charge < -0.3 is 15.4 Å². The molecule has 0 heterocycles. The zero-order chi connectivity index (χ0) is 24.7. The first kappa shape index (κ1) is 25.6. The van der Waals surface area contributed by atoms with Crippen molar-refractivity contribution in [1.82, 2.24) is 5.32 Å². The normalized spacial score (nSPS) is 11.5. The summed E-state index contributed by atoms with van der Waals surface area (Å²) in [7, 11) is 1.57. The van der Waals surface area contributed by atoms with Gasteiger partial charge in [-0.2, -0.15) is 0 Å². The van der Waals surface area contributed by atoms with Crippen molar-refractivity contribution < 1.29 is 24.0 Å². The summed E-state index contributed by atoms with van der Waals surface area (Å²) in [6.45, 7) is 5.49. The van der Waals surface area contributed by atoms with Crippen LogP contribution in [0.25, 0.3) is 0 Å². The highest BCUT2D eigenvalue weighted by Gasteiger charge is 2.26. The number of nitrogens with one attached hydrogen (secondary N) is 2. The second kappa shape index (κ2) is 11.3. The average molecular weight is 477 g/mol. The number of non-ortho nitro benzene ring substituents is 1. The Morgan fingerprint density at radius 2 is 1.79 bits per heavy atom. The molecule has 0 aliphatic rings. The van der Waals surface area contributed by atoms with Crippen LogP contribution in [0.1, 0.15) is 31.1 Å². The van der Waals surface area contributed by atoms with Crippen LogP contribution in [-0.4, -0.2) is 42.5 Å². The third-order valence-corrected chi connectivity index (χ3v) is 5.02. The molecule has 0 saturated carbocycles. The number of amides is 3. The van der Waals surface area contributed by atoms with Crippen molar-refractivity contribution in [2.45, 2.75) is 26.8 Å². The zero-order valence-electron chi connectivity index (χ0n) is 18.6. The number of halogens is 1. The van der Waals surface area contributed by atoms with Crippen molar-refractivity contribution in [2.75, 3.05) is 23.9 Å². The van der Waals surface area contributed by atoms with Gasteiger partial charge in [-0.05, 0) is 43.2 Å². The van der Waals surface area contributed by atoms with Crippen molar-refractivity contribution in [1.29, 1.82) is 0 Å². The van der Waals surface area contributed by atoms with Gasteiger partial charge in [-0.15, -0.1) is 0 Å². The Kier molecular flexibility index (Phi) is 8.75.